The van der Waals surface area contributed by atoms with Crippen molar-refractivity contribution in [2.24, 2.45) is 0 Å². The molecule has 0 radical (unpaired) electrons. The summed E-state index contributed by atoms with van der Waals surface area (Å²) in [7, 11) is 0. The molecule has 0 bridgehead atoms. The van der Waals surface area contributed by atoms with Gasteiger partial charge in [-0.15, -0.1) is 0 Å². The van der Waals surface area contributed by atoms with Crippen LogP contribution in [0.2, 0.25) is 0 Å². The lowest BCUT2D eigenvalue weighted by molar-refractivity contribution is -0.123. The monoisotopic (exact) mass is 547 g/mol. The summed E-state index contributed by atoms with van der Waals surface area (Å²) in [6.45, 7) is 5.34. The third-order valence-electron chi connectivity index (χ3n) is 6.03. The lowest BCUT2D eigenvalue weighted by Gasteiger charge is -2.23. The Morgan fingerprint density at radius 3 is 2.03 bits per heavy atom. The maximum absolute atomic E-state index is 12.9. The molecule has 0 saturated heterocycles. The van der Waals surface area contributed by atoms with Crippen LogP contribution in [-0.2, 0) is 20.0 Å². The van der Waals surface area contributed by atoms with Gasteiger partial charge in [0.1, 0.15) is 18.2 Å². The van der Waals surface area contributed by atoms with Gasteiger partial charge in [0.25, 0.3) is 5.91 Å². The maximum Gasteiger partial charge on any atom is 0.426 e. The smallest absolute Gasteiger partial charge is 0.426 e. The van der Waals surface area contributed by atoms with E-state index in [4.69, 9.17) is 9.47 Å². The van der Waals surface area contributed by atoms with E-state index >= 15 is 0 Å². The Kier molecular flexibility index (Phi) is 9.14. The van der Waals surface area contributed by atoms with Crippen molar-refractivity contribution in [1.29, 1.82) is 0 Å². The second-order valence-electron chi connectivity index (χ2n) is 10.1. The Bertz CT molecular complexity index is 1260. The highest BCUT2D eigenvalue weighted by molar-refractivity contribution is 7.98. The van der Waals surface area contributed by atoms with E-state index in [0.29, 0.717) is 5.75 Å². The summed E-state index contributed by atoms with van der Waals surface area (Å²) in [6.07, 6.45) is -1.51. The number of rotatable bonds is 8. The number of carbonyl (C=O) groups excluding carboxylic acids is 3. The third kappa shape index (κ3) is 7.77. The van der Waals surface area contributed by atoms with Crippen LogP contribution in [0.25, 0.3) is 11.1 Å². The second kappa shape index (κ2) is 12.7. The SMILES string of the molecule is CC(C)(C)OC(=O)N[C@H](CSCc1ccccc1)C(=O)NNC(=O)OCC1c2ccccc2-c2ccccc21. The molecule has 0 unspecified atom stereocenters. The van der Waals surface area contributed by atoms with E-state index in [1.165, 1.54) is 11.8 Å². The minimum absolute atomic E-state index is 0.102. The first-order chi connectivity index (χ1) is 18.7. The first-order valence-electron chi connectivity index (χ1n) is 12.7. The number of amides is 3. The largest absolute Gasteiger partial charge is 0.447 e. The first-order valence-corrected chi connectivity index (χ1v) is 13.9. The summed E-state index contributed by atoms with van der Waals surface area (Å²) in [5.74, 6) is 0.233. The van der Waals surface area contributed by atoms with E-state index in [-0.39, 0.29) is 18.3 Å². The van der Waals surface area contributed by atoms with Crippen LogP contribution < -0.4 is 16.2 Å². The zero-order valence-corrected chi connectivity index (χ0v) is 23.0. The molecule has 0 heterocycles. The van der Waals surface area contributed by atoms with Gasteiger partial charge in [0.2, 0.25) is 0 Å². The number of thioether (sulfide) groups is 1. The summed E-state index contributed by atoms with van der Waals surface area (Å²) >= 11 is 1.48. The van der Waals surface area contributed by atoms with Crippen LogP contribution in [0.15, 0.2) is 78.9 Å². The fraction of sp³-hybridized carbons (Fsp3) is 0.300. The molecule has 1 aliphatic rings. The van der Waals surface area contributed by atoms with Crippen LogP contribution in [0.3, 0.4) is 0 Å². The van der Waals surface area contributed by atoms with Crippen LogP contribution in [-0.4, -0.2) is 42.1 Å². The van der Waals surface area contributed by atoms with Crippen molar-refractivity contribution >= 4 is 29.9 Å². The van der Waals surface area contributed by atoms with Crippen molar-refractivity contribution in [2.45, 2.75) is 44.1 Å². The van der Waals surface area contributed by atoms with E-state index in [1.54, 1.807) is 20.8 Å². The fourth-order valence-corrected chi connectivity index (χ4v) is 5.35. The molecular weight excluding hydrogens is 514 g/mol. The standard InChI is InChI=1S/C30H33N3O5S/c1-30(2,3)38-28(35)31-26(19-39-18-20-11-5-4-6-12-20)27(34)32-33-29(36)37-17-25-23-15-9-7-13-21(23)22-14-8-10-16-24(22)25/h4-16,25-26H,17-19H2,1-3H3,(H,31,35)(H,32,34)(H,33,36)/t26-/m1/s1. The fourth-order valence-electron chi connectivity index (χ4n) is 4.34. The molecule has 0 aromatic heterocycles. The van der Waals surface area contributed by atoms with E-state index in [0.717, 1.165) is 27.8 Å². The van der Waals surface area contributed by atoms with Gasteiger partial charge in [0.15, 0.2) is 0 Å². The van der Waals surface area contributed by atoms with Crippen molar-refractivity contribution in [3.63, 3.8) is 0 Å². The molecule has 9 heteroatoms. The molecule has 39 heavy (non-hydrogen) atoms. The molecule has 8 nitrogen and oxygen atoms in total. The average Bonchev–Trinajstić information content (AvgIpc) is 3.23. The van der Waals surface area contributed by atoms with Crippen LogP contribution in [0.5, 0.6) is 0 Å². The predicted octanol–water partition coefficient (Wildman–Crippen LogP) is 5.38. The Hall–Kier alpha value is -3.98. The third-order valence-corrected chi connectivity index (χ3v) is 7.14. The highest BCUT2D eigenvalue weighted by atomic mass is 32.2. The summed E-state index contributed by atoms with van der Waals surface area (Å²) < 4.78 is 10.8. The highest BCUT2D eigenvalue weighted by Gasteiger charge is 2.29. The van der Waals surface area contributed by atoms with E-state index in [2.05, 4.69) is 28.3 Å². The van der Waals surface area contributed by atoms with Gasteiger partial charge in [0.05, 0.1) is 0 Å². The molecule has 3 amide bonds. The number of fused-ring (bicyclic) bond motifs is 3. The summed E-state index contributed by atoms with van der Waals surface area (Å²) in [5, 5.41) is 2.60. The molecule has 3 aromatic rings. The zero-order valence-electron chi connectivity index (χ0n) is 22.2. The molecule has 3 N–H and O–H groups in total. The van der Waals surface area contributed by atoms with Crippen molar-refractivity contribution in [3.8, 4) is 11.1 Å². The van der Waals surface area contributed by atoms with Gasteiger partial charge in [-0.3, -0.25) is 10.2 Å². The molecule has 204 valence electrons. The van der Waals surface area contributed by atoms with Gasteiger partial charge < -0.3 is 14.8 Å². The van der Waals surface area contributed by atoms with Crippen LogP contribution in [0.1, 0.15) is 43.4 Å². The number of carbonyl (C=O) groups is 3. The topological polar surface area (TPSA) is 106 Å². The molecule has 0 spiro atoms. The number of nitrogens with one attached hydrogen (secondary N) is 3. The van der Waals surface area contributed by atoms with E-state index in [9.17, 15) is 14.4 Å². The van der Waals surface area contributed by atoms with Gasteiger partial charge in [-0.25, -0.2) is 15.0 Å². The summed E-state index contributed by atoms with van der Waals surface area (Å²) in [4.78, 5) is 37.8. The maximum atomic E-state index is 12.9. The number of hydrazine groups is 1. The quantitative estimate of drug-likeness (QED) is 0.327. The number of benzene rings is 3. The minimum atomic E-state index is -0.942. The molecule has 0 aliphatic heterocycles. The molecule has 0 fully saturated rings. The van der Waals surface area contributed by atoms with Gasteiger partial charge >= 0.3 is 12.2 Å². The Morgan fingerprint density at radius 2 is 1.41 bits per heavy atom. The van der Waals surface area contributed by atoms with Gasteiger partial charge in [-0.05, 0) is 48.6 Å². The number of hydrogen-bond acceptors (Lipinski definition) is 6. The molecule has 3 aromatic carbocycles. The predicted molar refractivity (Wildman–Crippen MR) is 152 cm³/mol. The molecule has 0 saturated carbocycles. The molecule has 4 rings (SSSR count). The number of alkyl carbamates (subject to hydrolysis) is 1. The highest BCUT2D eigenvalue weighted by Crippen LogP contribution is 2.44. The Labute approximate surface area is 232 Å². The van der Waals surface area contributed by atoms with Crippen molar-refractivity contribution < 1.29 is 23.9 Å². The first kappa shape index (κ1) is 28.0. The normalized spacial score (nSPS) is 13.0. The van der Waals surface area contributed by atoms with Crippen molar-refractivity contribution in [2.75, 3.05) is 12.4 Å². The van der Waals surface area contributed by atoms with Crippen LogP contribution in [0, 0.1) is 0 Å². The summed E-state index contributed by atoms with van der Waals surface area (Å²) in [5.41, 5.74) is 9.47. The van der Waals surface area contributed by atoms with Crippen molar-refractivity contribution in [1.82, 2.24) is 16.2 Å². The minimum Gasteiger partial charge on any atom is -0.447 e. The molecule has 1 atom stereocenters. The van der Waals surface area contributed by atoms with Crippen LogP contribution >= 0.6 is 11.8 Å². The number of hydrogen-bond donors (Lipinski definition) is 3. The van der Waals surface area contributed by atoms with Crippen molar-refractivity contribution in [3.05, 3.63) is 95.6 Å². The summed E-state index contributed by atoms with van der Waals surface area (Å²) in [6, 6.07) is 24.9. The zero-order chi connectivity index (χ0) is 27.8. The van der Waals surface area contributed by atoms with E-state index < -0.39 is 29.7 Å². The second-order valence-corrected chi connectivity index (χ2v) is 11.2. The average molecular weight is 548 g/mol. The lowest BCUT2D eigenvalue weighted by Crippen LogP contribution is -2.54. The molecular formula is C30H33N3O5S. The van der Waals surface area contributed by atoms with Gasteiger partial charge in [-0.2, -0.15) is 11.8 Å². The van der Waals surface area contributed by atoms with Gasteiger partial charge in [-0.1, -0.05) is 78.9 Å². The lowest BCUT2D eigenvalue weighted by atomic mass is 9.98. The van der Waals surface area contributed by atoms with Gasteiger partial charge in [0, 0.05) is 17.4 Å². The van der Waals surface area contributed by atoms with E-state index in [1.807, 2.05) is 66.7 Å². The Balaban J connectivity index is 1.32. The van der Waals surface area contributed by atoms with Crippen LogP contribution in [0.4, 0.5) is 9.59 Å². The Morgan fingerprint density at radius 1 is 0.821 bits per heavy atom. The number of ether oxygens (including phenoxy) is 2. The molecule has 1 aliphatic carbocycles.